The molecule has 0 amide bonds. The minimum absolute atomic E-state index is 0.0914. The maximum absolute atomic E-state index is 11.9. The van der Waals surface area contributed by atoms with Gasteiger partial charge in [0.1, 0.15) is 12.3 Å². The highest BCUT2D eigenvalue weighted by atomic mass is 32.2. The number of ether oxygens (including phenoxy) is 1. The van der Waals surface area contributed by atoms with Crippen molar-refractivity contribution in [3.8, 4) is 5.75 Å². The summed E-state index contributed by atoms with van der Waals surface area (Å²) >= 11 is 0. The lowest BCUT2D eigenvalue weighted by Crippen LogP contribution is -2.37. The average molecular weight is 389 g/mol. The van der Waals surface area contributed by atoms with Crippen molar-refractivity contribution in [3.63, 3.8) is 0 Å². The van der Waals surface area contributed by atoms with Gasteiger partial charge in [-0.05, 0) is 24.6 Å². The minimum Gasteiger partial charge on any atom is -0.545 e. The molecule has 1 heterocycles. The summed E-state index contributed by atoms with van der Waals surface area (Å²) in [6, 6.07) is 12.3. The van der Waals surface area contributed by atoms with Crippen LogP contribution in [0.5, 0.6) is 5.75 Å². The molecule has 8 heteroatoms. The van der Waals surface area contributed by atoms with Crippen LogP contribution in [0.2, 0.25) is 0 Å². The Kier molecular flexibility index (Phi) is 5.29. The van der Waals surface area contributed by atoms with Crippen molar-refractivity contribution in [2.75, 3.05) is 12.9 Å². The van der Waals surface area contributed by atoms with Crippen molar-refractivity contribution in [2.24, 2.45) is 0 Å². The van der Waals surface area contributed by atoms with Gasteiger partial charge in [0.05, 0.1) is 29.6 Å². The Morgan fingerprint density at radius 2 is 1.81 bits per heavy atom. The molecule has 1 N–H and O–H groups in total. The molecular weight excluding hydrogens is 370 g/mol. The zero-order valence-corrected chi connectivity index (χ0v) is 15.5. The van der Waals surface area contributed by atoms with Gasteiger partial charge < -0.3 is 14.6 Å². The van der Waals surface area contributed by atoms with Gasteiger partial charge in [0, 0.05) is 24.1 Å². The van der Waals surface area contributed by atoms with E-state index in [1.807, 2.05) is 16.7 Å². The first-order valence-corrected chi connectivity index (χ1v) is 10.0. The highest BCUT2D eigenvalue weighted by molar-refractivity contribution is 7.85. The molecule has 0 aliphatic heterocycles. The van der Waals surface area contributed by atoms with Crippen LogP contribution in [0.4, 0.5) is 0 Å². The van der Waals surface area contributed by atoms with Gasteiger partial charge in [-0.3, -0.25) is 4.55 Å². The Hall–Kier alpha value is -2.71. The number of nitrogens with zero attached hydrogens (tertiary/aromatic N) is 1. The van der Waals surface area contributed by atoms with E-state index in [-0.39, 0.29) is 11.3 Å². The van der Waals surface area contributed by atoms with Gasteiger partial charge in [0.25, 0.3) is 10.1 Å². The third kappa shape index (κ3) is 4.01. The summed E-state index contributed by atoms with van der Waals surface area (Å²) in [6.45, 7) is 0.464. The molecular formula is C19H19NO6S. The topological polar surface area (TPSA) is 108 Å². The summed E-state index contributed by atoms with van der Waals surface area (Å²) in [4.78, 5) is 11.9. The number of benzene rings is 2. The van der Waals surface area contributed by atoms with Crippen LogP contribution >= 0.6 is 0 Å². The first kappa shape index (κ1) is 19.1. The molecule has 0 saturated carbocycles. The number of pyridine rings is 1. The van der Waals surface area contributed by atoms with Gasteiger partial charge in [-0.25, -0.2) is 0 Å². The summed E-state index contributed by atoms with van der Waals surface area (Å²) < 4.78 is 37.9. The van der Waals surface area contributed by atoms with Crippen molar-refractivity contribution in [2.45, 2.75) is 19.4 Å². The predicted molar refractivity (Wildman–Crippen MR) is 98.2 cm³/mol. The molecule has 0 aliphatic carbocycles. The summed E-state index contributed by atoms with van der Waals surface area (Å²) in [5, 5.41) is 12.9. The number of hydrogen-bond donors (Lipinski definition) is 1. The third-order valence-electron chi connectivity index (χ3n) is 4.47. The number of rotatable bonds is 7. The number of carboxylic acid groups (broad SMARTS) is 1. The van der Waals surface area contributed by atoms with Crippen molar-refractivity contribution >= 4 is 37.9 Å². The number of carbonyl (C=O) groups excluding carboxylic acids is 1. The van der Waals surface area contributed by atoms with Gasteiger partial charge in [-0.2, -0.15) is 13.0 Å². The van der Waals surface area contributed by atoms with E-state index in [1.165, 1.54) is 7.11 Å². The molecule has 7 nitrogen and oxygen atoms in total. The van der Waals surface area contributed by atoms with Gasteiger partial charge in [0.15, 0.2) is 0 Å². The zero-order chi connectivity index (χ0) is 19.6. The monoisotopic (exact) mass is 389 g/mol. The summed E-state index contributed by atoms with van der Waals surface area (Å²) in [5.74, 6) is -1.06. The van der Waals surface area contributed by atoms with E-state index >= 15 is 0 Å². The smallest absolute Gasteiger partial charge is 0.264 e. The van der Waals surface area contributed by atoms with Crippen molar-refractivity contribution in [1.29, 1.82) is 0 Å². The summed E-state index contributed by atoms with van der Waals surface area (Å²) in [7, 11) is -2.50. The van der Waals surface area contributed by atoms with Crippen LogP contribution in [0, 0.1) is 0 Å². The van der Waals surface area contributed by atoms with Crippen molar-refractivity contribution in [1.82, 2.24) is 0 Å². The average Bonchev–Trinajstić information content (AvgIpc) is 2.62. The minimum atomic E-state index is -4.00. The van der Waals surface area contributed by atoms with Crippen molar-refractivity contribution in [3.05, 3.63) is 48.0 Å². The SMILES string of the molecule is COc1ccc2c(c1)c(C(=O)[O-])c1ccccc1[n+]2CCCCS(=O)(=O)O. The molecule has 0 spiro atoms. The lowest BCUT2D eigenvalue weighted by atomic mass is 10.0. The molecule has 0 unspecified atom stereocenters. The molecule has 0 radical (unpaired) electrons. The molecule has 3 aromatic rings. The molecule has 27 heavy (non-hydrogen) atoms. The van der Waals surface area contributed by atoms with Crippen molar-refractivity contribution < 1.29 is 32.2 Å². The van der Waals surface area contributed by atoms with Gasteiger partial charge in [0.2, 0.25) is 11.0 Å². The molecule has 1 aromatic heterocycles. The maximum atomic E-state index is 11.9. The van der Waals surface area contributed by atoms with E-state index in [0.717, 1.165) is 0 Å². The maximum Gasteiger partial charge on any atom is 0.264 e. The lowest BCUT2D eigenvalue weighted by Gasteiger charge is -2.13. The van der Waals surface area contributed by atoms with Crippen LogP contribution in [-0.2, 0) is 16.7 Å². The third-order valence-corrected chi connectivity index (χ3v) is 5.27. The number of carboxylic acids is 1. The largest absolute Gasteiger partial charge is 0.545 e. The molecule has 0 saturated heterocycles. The second-order valence-corrected chi connectivity index (χ2v) is 7.78. The number of para-hydroxylation sites is 1. The standard InChI is InChI=1S/C19H19NO6S/c1-26-13-8-9-17-15(12-13)18(19(21)22)14-6-2-3-7-16(14)20(17)10-4-5-11-27(23,24)25/h2-3,6-9,12H,4-5,10-11H2,1H3,(H-,21,22,23,24,25). The normalized spacial score (nSPS) is 11.8. The number of unbranched alkanes of at least 4 members (excludes halogenated alkanes) is 1. The Balaban J connectivity index is 2.18. The fourth-order valence-electron chi connectivity index (χ4n) is 3.29. The van der Waals surface area contributed by atoms with Crippen LogP contribution < -0.4 is 14.4 Å². The fraction of sp³-hybridized carbons (Fsp3) is 0.263. The van der Waals surface area contributed by atoms with Gasteiger partial charge in [-0.15, -0.1) is 0 Å². The lowest BCUT2D eigenvalue weighted by molar-refractivity contribution is -0.645. The van der Waals surface area contributed by atoms with E-state index < -0.39 is 16.1 Å². The fourth-order valence-corrected chi connectivity index (χ4v) is 3.86. The number of aromatic nitrogens is 1. The van der Waals surface area contributed by atoms with Gasteiger partial charge >= 0.3 is 0 Å². The second-order valence-electron chi connectivity index (χ2n) is 6.21. The summed E-state index contributed by atoms with van der Waals surface area (Å²) in [6.07, 6.45) is 0.792. The van der Waals surface area contributed by atoms with E-state index in [0.29, 0.717) is 46.9 Å². The predicted octanol–water partition coefficient (Wildman–Crippen LogP) is 1.32. The van der Waals surface area contributed by atoms with E-state index in [9.17, 15) is 18.3 Å². The number of fused-ring (bicyclic) bond motifs is 2. The van der Waals surface area contributed by atoms with E-state index in [2.05, 4.69) is 0 Å². The molecule has 0 fully saturated rings. The van der Waals surface area contributed by atoms with Crippen LogP contribution in [-0.4, -0.2) is 31.8 Å². The molecule has 0 atom stereocenters. The Morgan fingerprint density at radius 1 is 1.11 bits per heavy atom. The molecule has 142 valence electrons. The van der Waals surface area contributed by atoms with E-state index in [1.54, 1.807) is 30.3 Å². The molecule has 0 aliphatic rings. The Bertz CT molecular complexity index is 1120. The Morgan fingerprint density at radius 3 is 2.48 bits per heavy atom. The molecule has 3 rings (SSSR count). The van der Waals surface area contributed by atoms with E-state index in [4.69, 9.17) is 9.29 Å². The number of aryl methyl sites for hydroxylation is 1. The highest BCUT2D eigenvalue weighted by Crippen LogP contribution is 2.27. The highest BCUT2D eigenvalue weighted by Gasteiger charge is 2.21. The number of hydrogen-bond acceptors (Lipinski definition) is 5. The molecule has 2 aromatic carbocycles. The van der Waals surface area contributed by atoms with Crippen LogP contribution in [0.1, 0.15) is 23.2 Å². The van der Waals surface area contributed by atoms with Gasteiger partial charge in [-0.1, -0.05) is 12.1 Å². The number of carbonyl (C=O) groups is 1. The zero-order valence-electron chi connectivity index (χ0n) is 14.7. The summed E-state index contributed by atoms with van der Waals surface area (Å²) in [5.41, 5.74) is 1.48. The Labute approximate surface area is 156 Å². The van der Waals surface area contributed by atoms with Crippen LogP contribution in [0.25, 0.3) is 21.8 Å². The second kappa shape index (κ2) is 7.50. The number of aromatic carboxylic acids is 1. The van der Waals surface area contributed by atoms with Crippen LogP contribution in [0.15, 0.2) is 42.5 Å². The number of methoxy groups -OCH3 is 1. The van der Waals surface area contributed by atoms with Crippen LogP contribution in [0.3, 0.4) is 0 Å². The first-order chi connectivity index (χ1) is 12.8. The first-order valence-electron chi connectivity index (χ1n) is 8.40. The quantitative estimate of drug-likeness (QED) is 0.283. The molecule has 0 bridgehead atoms.